The summed E-state index contributed by atoms with van der Waals surface area (Å²) in [5.74, 6) is 1.48. The Morgan fingerprint density at radius 3 is 1.71 bits per heavy atom. The average Bonchev–Trinajstić information content (AvgIpc) is 3.03. The summed E-state index contributed by atoms with van der Waals surface area (Å²) in [5.41, 5.74) is 2.14. The highest BCUT2D eigenvalue weighted by Crippen LogP contribution is 2.34. The Bertz CT molecular complexity index is 1900. The average molecular weight is 632 g/mol. The minimum Gasteiger partial charge on any atom is -0.496 e. The first-order valence-corrected chi connectivity index (χ1v) is 13.8. The SMILES string of the molecule is COc1cc2nccc(Cl)c2cc1C(=O)N(C)C.COc1cc2nccc(Oc3ccc([N+](=O)[O-])cc3)c2cc1C(=O)N(C)C. The molecule has 12 nitrogen and oxygen atoms in total. The number of nitro benzene ring substituents is 1. The zero-order chi connectivity index (χ0) is 32.8. The summed E-state index contributed by atoms with van der Waals surface area (Å²) < 4.78 is 16.4. The summed E-state index contributed by atoms with van der Waals surface area (Å²) >= 11 is 6.10. The molecule has 0 bridgehead atoms. The maximum absolute atomic E-state index is 12.5. The Kier molecular flexibility index (Phi) is 9.99. The van der Waals surface area contributed by atoms with Gasteiger partial charge in [-0.3, -0.25) is 29.7 Å². The molecule has 0 aliphatic heterocycles. The van der Waals surface area contributed by atoms with E-state index < -0.39 is 4.92 Å². The van der Waals surface area contributed by atoms with Gasteiger partial charge in [0.1, 0.15) is 23.0 Å². The third-order valence-electron chi connectivity index (χ3n) is 6.58. The Morgan fingerprint density at radius 2 is 1.22 bits per heavy atom. The van der Waals surface area contributed by atoms with Crippen molar-refractivity contribution in [1.82, 2.24) is 19.8 Å². The van der Waals surface area contributed by atoms with E-state index in [0.29, 0.717) is 55.6 Å². The van der Waals surface area contributed by atoms with Crippen molar-refractivity contribution in [2.24, 2.45) is 0 Å². The summed E-state index contributed by atoms with van der Waals surface area (Å²) in [6.07, 6.45) is 3.20. The van der Waals surface area contributed by atoms with Gasteiger partial charge in [0.2, 0.25) is 0 Å². The Morgan fingerprint density at radius 1 is 0.733 bits per heavy atom. The molecule has 2 aromatic heterocycles. The molecular weight excluding hydrogens is 602 g/mol. The summed E-state index contributed by atoms with van der Waals surface area (Å²) in [5, 5.41) is 12.7. The molecule has 0 saturated carbocycles. The molecule has 0 aliphatic rings. The van der Waals surface area contributed by atoms with Crippen molar-refractivity contribution in [3.05, 3.63) is 99.3 Å². The van der Waals surface area contributed by atoms with Crippen LogP contribution in [-0.2, 0) is 0 Å². The molecule has 232 valence electrons. The molecule has 5 aromatic rings. The van der Waals surface area contributed by atoms with Crippen LogP contribution in [0, 0.1) is 10.1 Å². The van der Waals surface area contributed by atoms with Gasteiger partial charge in [-0.15, -0.1) is 0 Å². The number of nitrogens with zero attached hydrogens (tertiary/aromatic N) is 5. The normalized spacial score (nSPS) is 10.5. The molecule has 0 N–H and O–H groups in total. The smallest absolute Gasteiger partial charge is 0.269 e. The number of pyridine rings is 2. The molecule has 13 heteroatoms. The third kappa shape index (κ3) is 7.19. The first kappa shape index (κ1) is 32.4. The van der Waals surface area contributed by atoms with E-state index >= 15 is 0 Å². The largest absolute Gasteiger partial charge is 0.496 e. The van der Waals surface area contributed by atoms with E-state index in [1.807, 2.05) is 0 Å². The second kappa shape index (κ2) is 13.9. The summed E-state index contributed by atoms with van der Waals surface area (Å²) in [6.45, 7) is 0. The van der Waals surface area contributed by atoms with Crippen LogP contribution >= 0.6 is 11.6 Å². The summed E-state index contributed by atoms with van der Waals surface area (Å²) in [6, 6.07) is 15.9. The molecule has 5 rings (SSSR count). The summed E-state index contributed by atoms with van der Waals surface area (Å²) in [4.78, 5) is 46.3. The van der Waals surface area contributed by atoms with Crippen LogP contribution < -0.4 is 14.2 Å². The molecule has 0 unspecified atom stereocenters. The van der Waals surface area contributed by atoms with Crippen molar-refractivity contribution < 1.29 is 28.7 Å². The van der Waals surface area contributed by atoms with E-state index in [0.717, 1.165) is 5.39 Å². The number of methoxy groups -OCH3 is 2. The Labute approximate surface area is 263 Å². The summed E-state index contributed by atoms with van der Waals surface area (Å²) in [7, 11) is 9.71. The zero-order valence-electron chi connectivity index (χ0n) is 25.4. The number of hydrogen-bond donors (Lipinski definition) is 0. The molecule has 3 aromatic carbocycles. The van der Waals surface area contributed by atoms with E-state index in [1.54, 1.807) is 77.0 Å². The standard InChI is InChI=1S/C19H17N3O5.C13H13ClN2O2/c1-21(2)19(23)15-10-14-16(11-18(15)26-3)20-9-8-17(14)27-13-6-4-12(5-7-13)22(24)25;1-16(2)13(17)9-6-8-10(14)4-5-15-11(8)7-12(9)18-3/h4-11H,1-3H3;4-7H,1-3H3. The van der Waals surface area contributed by atoms with Gasteiger partial charge < -0.3 is 24.0 Å². The van der Waals surface area contributed by atoms with Gasteiger partial charge in [0.25, 0.3) is 17.5 Å². The molecule has 45 heavy (non-hydrogen) atoms. The molecule has 2 amide bonds. The molecule has 0 aliphatic carbocycles. The lowest BCUT2D eigenvalue weighted by atomic mass is 10.1. The predicted molar refractivity (Wildman–Crippen MR) is 171 cm³/mol. The highest BCUT2D eigenvalue weighted by atomic mass is 35.5. The fourth-order valence-corrected chi connectivity index (χ4v) is 4.50. The number of non-ortho nitro benzene ring substituents is 1. The second-order valence-corrected chi connectivity index (χ2v) is 10.4. The first-order valence-electron chi connectivity index (χ1n) is 13.4. The molecule has 0 fully saturated rings. The van der Waals surface area contributed by atoms with E-state index in [-0.39, 0.29) is 17.5 Å². The van der Waals surface area contributed by atoms with Crippen LogP contribution in [0.3, 0.4) is 0 Å². The minimum atomic E-state index is -0.475. The van der Waals surface area contributed by atoms with Crippen molar-refractivity contribution in [3.63, 3.8) is 0 Å². The number of aromatic nitrogens is 2. The van der Waals surface area contributed by atoms with Crippen LogP contribution in [0.5, 0.6) is 23.0 Å². The van der Waals surface area contributed by atoms with Gasteiger partial charge in [-0.05, 0) is 36.4 Å². The fraction of sp³-hybridized carbons (Fsp3) is 0.188. The van der Waals surface area contributed by atoms with Gasteiger partial charge in [-0.25, -0.2) is 0 Å². The molecular formula is C32H30ClN5O7. The lowest BCUT2D eigenvalue weighted by Crippen LogP contribution is -2.22. The maximum atomic E-state index is 12.5. The lowest BCUT2D eigenvalue weighted by molar-refractivity contribution is -0.384. The molecule has 0 spiro atoms. The fourth-order valence-electron chi connectivity index (χ4n) is 4.29. The zero-order valence-corrected chi connectivity index (χ0v) is 26.2. The van der Waals surface area contributed by atoms with Crippen molar-refractivity contribution in [2.75, 3.05) is 42.4 Å². The topological polar surface area (TPSA) is 137 Å². The van der Waals surface area contributed by atoms with Gasteiger partial charge in [-0.2, -0.15) is 0 Å². The van der Waals surface area contributed by atoms with E-state index in [1.165, 1.54) is 48.3 Å². The number of ether oxygens (including phenoxy) is 3. The number of amides is 2. The van der Waals surface area contributed by atoms with E-state index in [4.69, 9.17) is 25.8 Å². The number of fused-ring (bicyclic) bond motifs is 2. The van der Waals surface area contributed by atoms with E-state index in [2.05, 4.69) is 9.97 Å². The third-order valence-corrected chi connectivity index (χ3v) is 6.91. The Hall–Kier alpha value is -5.49. The lowest BCUT2D eigenvalue weighted by Gasteiger charge is -2.15. The minimum absolute atomic E-state index is 0.0226. The predicted octanol–water partition coefficient (Wildman–Crippen LogP) is 6.24. The van der Waals surface area contributed by atoms with Crippen molar-refractivity contribution in [2.45, 2.75) is 0 Å². The van der Waals surface area contributed by atoms with Gasteiger partial charge in [0, 0.05) is 75.6 Å². The monoisotopic (exact) mass is 631 g/mol. The van der Waals surface area contributed by atoms with Crippen LogP contribution in [0.2, 0.25) is 5.02 Å². The highest BCUT2D eigenvalue weighted by Gasteiger charge is 2.19. The number of hydrogen-bond acceptors (Lipinski definition) is 9. The Balaban J connectivity index is 0.000000222. The van der Waals surface area contributed by atoms with Gasteiger partial charge in [-0.1, -0.05) is 11.6 Å². The van der Waals surface area contributed by atoms with Crippen LogP contribution in [0.4, 0.5) is 5.69 Å². The van der Waals surface area contributed by atoms with Crippen molar-refractivity contribution in [1.29, 1.82) is 0 Å². The van der Waals surface area contributed by atoms with Crippen LogP contribution in [0.1, 0.15) is 20.7 Å². The van der Waals surface area contributed by atoms with Crippen LogP contribution in [-0.4, -0.2) is 78.9 Å². The van der Waals surface area contributed by atoms with Gasteiger partial charge >= 0.3 is 0 Å². The number of benzene rings is 3. The van der Waals surface area contributed by atoms with Crippen molar-refractivity contribution in [3.8, 4) is 23.0 Å². The molecule has 0 saturated heterocycles. The highest BCUT2D eigenvalue weighted by molar-refractivity contribution is 6.35. The maximum Gasteiger partial charge on any atom is 0.269 e. The number of rotatable bonds is 7. The van der Waals surface area contributed by atoms with Crippen LogP contribution in [0.15, 0.2) is 73.1 Å². The van der Waals surface area contributed by atoms with Gasteiger partial charge in [0.15, 0.2) is 0 Å². The molecule has 2 heterocycles. The van der Waals surface area contributed by atoms with Crippen molar-refractivity contribution >= 4 is 50.9 Å². The van der Waals surface area contributed by atoms with Gasteiger partial charge in [0.05, 0.1) is 46.3 Å². The quantitative estimate of drug-likeness (QED) is 0.151. The van der Waals surface area contributed by atoms with E-state index in [9.17, 15) is 19.7 Å². The number of carbonyl (C=O) groups excluding carboxylic acids is 2. The second-order valence-electron chi connectivity index (χ2n) is 9.99. The first-order chi connectivity index (χ1) is 21.4. The molecule has 0 atom stereocenters. The number of carbonyl (C=O) groups is 2. The number of nitro groups is 1. The van der Waals surface area contributed by atoms with Crippen LogP contribution in [0.25, 0.3) is 21.8 Å². The number of halogens is 1. The molecule has 0 radical (unpaired) electrons.